The van der Waals surface area contributed by atoms with Crippen LogP contribution in [0, 0.1) is 5.92 Å². The van der Waals surface area contributed by atoms with Gasteiger partial charge in [-0.15, -0.1) is 11.8 Å². The minimum absolute atomic E-state index is 0.0757. The number of rotatable bonds is 9. The molecule has 3 atom stereocenters. The van der Waals surface area contributed by atoms with E-state index in [1.807, 2.05) is 131 Å². The molecule has 0 aliphatic carbocycles. The maximum Gasteiger partial charge on any atom is 0.328 e. The second-order valence-corrected chi connectivity index (χ2v) is 12.3. The van der Waals surface area contributed by atoms with Crippen LogP contribution < -0.4 is 10.6 Å². The van der Waals surface area contributed by atoms with Crippen LogP contribution in [-0.4, -0.2) is 40.1 Å². The van der Waals surface area contributed by atoms with Crippen LogP contribution in [-0.2, 0) is 19.9 Å². The van der Waals surface area contributed by atoms with Gasteiger partial charge in [-0.05, 0) is 54.4 Å². The molecule has 0 bridgehead atoms. The Morgan fingerprint density at radius 3 is 1.68 bits per heavy atom. The minimum atomic E-state index is -1.08. The van der Waals surface area contributed by atoms with E-state index >= 15 is 0 Å². The number of hydrogen-bond acceptors (Lipinski definition) is 6. The van der Waals surface area contributed by atoms with Gasteiger partial charge < -0.3 is 9.84 Å². The lowest BCUT2D eigenvalue weighted by Crippen LogP contribution is -2.62. The van der Waals surface area contributed by atoms with Crippen molar-refractivity contribution >= 4 is 23.7 Å². The normalized spacial score (nSPS) is 18.6. The Kier molecular flexibility index (Phi) is 9.19. The molecule has 1 aliphatic heterocycles. The van der Waals surface area contributed by atoms with Crippen molar-refractivity contribution in [2.75, 3.05) is 0 Å². The van der Waals surface area contributed by atoms with Gasteiger partial charge in [-0.1, -0.05) is 105 Å². The highest BCUT2D eigenvalue weighted by atomic mass is 32.2. The summed E-state index contributed by atoms with van der Waals surface area (Å²) in [7, 11) is 0. The highest BCUT2D eigenvalue weighted by molar-refractivity contribution is 8.02. The van der Waals surface area contributed by atoms with Crippen LogP contribution in [0.5, 0.6) is 0 Å². The third-order valence-corrected chi connectivity index (χ3v) is 8.00. The molecule has 0 saturated carbocycles. The highest BCUT2D eigenvalue weighted by Gasteiger charge is 2.45. The van der Waals surface area contributed by atoms with Gasteiger partial charge in [0.05, 0.1) is 10.9 Å². The van der Waals surface area contributed by atoms with Gasteiger partial charge in [0.15, 0.2) is 0 Å². The molecule has 40 heavy (non-hydrogen) atoms. The van der Waals surface area contributed by atoms with Crippen LogP contribution in [0.25, 0.3) is 0 Å². The summed E-state index contributed by atoms with van der Waals surface area (Å²) in [6, 6.07) is 27.8. The Bertz CT molecular complexity index is 1220. The predicted octanol–water partition coefficient (Wildman–Crippen LogP) is 5.93. The zero-order valence-electron chi connectivity index (χ0n) is 23.6. The summed E-state index contributed by atoms with van der Waals surface area (Å²) in [5.41, 5.74) is 1.93. The molecule has 7 heteroatoms. The van der Waals surface area contributed by atoms with Gasteiger partial charge in [-0.2, -0.15) is 0 Å². The highest BCUT2D eigenvalue weighted by Crippen LogP contribution is 2.39. The molecule has 210 valence electrons. The average Bonchev–Trinajstić information content (AvgIpc) is 2.94. The van der Waals surface area contributed by atoms with Crippen molar-refractivity contribution < 1.29 is 19.4 Å². The fourth-order valence-corrected chi connectivity index (χ4v) is 6.31. The van der Waals surface area contributed by atoms with Crippen molar-refractivity contribution in [1.29, 1.82) is 0 Å². The third-order valence-electron chi connectivity index (χ3n) is 6.89. The number of esters is 1. The summed E-state index contributed by atoms with van der Waals surface area (Å²) in [5.74, 6) is -1.37. The Morgan fingerprint density at radius 1 is 0.850 bits per heavy atom. The number of carboxylic acids is 1. The van der Waals surface area contributed by atoms with E-state index < -0.39 is 40.5 Å². The molecule has 0 radical (unpaired) electrons. The Hall–Kier alpha value is -3.39. The maximum atomic E-state index is 13.3. The van der Waals surface area contributed by atoms with Crippen molar-refractivity contribution in [3.63, 3.8) is 0 Å². The largest absolute Gasteiger partial charge is 0.480 e. The zero-order valence-corrected chi connectivity index (χ0v) is 24.4. The summed E-state index contributed by atoms with van der Waals surface area (Å²) in [5, 5.41) is 18.8. The summed E-state index contributed by atoms with van der Waals surface area (Å²) in [6.45, 7) is 9.52. The fourth-order valence-electron chi connectivity index (χ4n) is 5.04. The van der Waals surface area contributed by atoms with Gasteiger partial charge in [0.25, 0.3) is 0 Å². The molecular formula is C33H38N2O4S. The van der Waals surface area contributed by atoms with E-state index in [4.69, 9.17) is 4.74 Å². The van der Waals surface area contributed by atoms with Gasteiger partial charge in [0, 0.05) is 0 Å². The molecule has 0 fully saturated rings. The van der Waals surface area contributed by atoms with Gasteiger partial charge >= 0.3 is 11.9 Å². The third kappa shape index (κ3) is 6.49. The zero-order chi connectivity index (χ0) is 28.9. The maximum absolute atomic E-state index is 13.3. The Balaban J connectivity index is 1.83. The monoisotopic (exact) mass is 558 g/mol. The molecule has 3 aromatic carbocycles. The van der Waals surface area contributed by atoms with E-state index in [9.17, 15) is 14.7 Å². The number of carboxylic acid groups (broad SMARTS) is 1. The van der Waals surface area contributed by atoms with Crippen molar-refractivity contribution in [2.24, 2.45) is 5.92 Å². The summed E-state index contributed by atoms with van der Waals surface area (Å²) >= 11 is 1.38. The standard InChI is InChI=1S/C33H38N2O4S/c1-22(2)26-21-40-29(34-27(26)31(38)39-32(3,4)5)28(30(36)37)35-33(23-15-9-6-10-16-23,24-17-11-7-12-18-24)25-19-13-8-14-20-25/h6-22,27-29,34-35H,1-5H3,(H,36,37). The molecule has 4 rings (SSSR count). The van der Waals surface area contributed by atoms with E-state index in [1.165, 1.54) is 11.8 Å². The topological polar surface area (TPSA) is 87.7 Å². The minimum Gasteiger partial charge on any atom is -0.480 e. The average molecular weight is 559 g/mol. The first-order valence-corrected chi connectivity index (χ1v) is 14.5. The lowest BCUT2D eigenvalue weighted by atomic mass is 9.76. The number of aliphatic carboxylic acids is 1. The van der Waals surface area contributed by atoms with E-state index in [1.54, 1.807) is 0 Å². The first-order valence-electron chi connectivity index (χ1n) is 13.5. The van der Waals surface area contributed by atoms with Crippen molar-refractivity contribution in [3.8, 4) is 0 Å². The van der Waals surface area contributed by atoms with Gasteiger partial charge in [-0.3, -0.25) is 15.4 Å². The van der Waals surface area contributed by atoms with E-state index in [0.717, 1.165) is 22.3 Å². The SMILES string of the molecule is CC(C)C1=CSC(C(NC(c2ccccc2)(c2ccccc2)c2ccccc2)C(=O)O)NC1C(=O)OC(C)(C)C. The predicted molar refractivity (Wildman–Crippen MR) is 161 cm³/mol. The number of thioether (sulfide) groups is 1. The Labute approximate surface area is 241 Å². The van der Waals surface area contributed by atoms with Crippen LogP contribution in [0.4, 0.5) is 0 Å². The smallest absolute Gasteiger partial charge is 0.328 e. The van der Waals surface area contributed by atoms with Crippen LogP contribution in [0.1, 0.15) is 51.3 Å². The molecule has 3 N–H and O–H groups in total. The summed E-state index contributed by atoms with van der Waals surface area (Å²) in [6.07, 6.45) is 0. The molecule has 0 amide bonds. The van der Waals surface area contributed by atoms with Crippen molar-refractivity contribution in [2.45, 2.75) is 63.2 Å². The molecule has 6 nitrogen and oxygen atoms in total. The molecule has 3 unspecified atom stereocenters. The summed E-state index contributed by atoms with van der Waals surface area (Å²) < 4.78 is 5.74. The van der Waals surface area contributed by atoms with Gasteiger partial charge in [-0.25, -0.2) is 4.79 Å². The first-order chi connectivity index (χ1) is 19.0. The molecule has 0 aromatic heterocycles. The van der Waals surface area contributed by atoms with E-state index in [2.05, 4.69) is 10.6 Å². The Morgan fingerprint density at radius 2 is 1.30 bits per heavy atom. The molecule has 0 spiro atoms. The quantitative estimate of drug-likeness (QED) is 0.222. The number of carbonyl (C=O) groups is 2. The van der Waals surface area contributed by atoms with Crippen LogP contribution in [0.3, 0.4) is 0 Å². The number of ether oxygens (including phenoxy) is 1. The molecule has 3 aromatic rings. The number of nitrogens with one attached hydrogen (secondary N) is 2. The van der Waals surface area contributed by atoms with Gasteiger partial charge in [0.1, 0.15) is 17.7 Å². The van der Waals surface area contributed by atoms with Gasteiger partial charge in [0.2, 0.25) is 0 Å². The van der Waals surface area contributed by atoms with E-state index in [-0.39, 0.29) is 5.92 Å². The van der Waals surface area contributed by atoms with E-state index in [0.29, 0.717) is 0 Å². The molecule has 1 aliphatic rings. The lowest BCUT2D eigenvalue weighted by Gasteiger charge is -2.42. The van der Waals surface area contributed by atoms with Crippen molar-refractivity contribution in [3.05, 3.63) is 119 Å². The second kappa shape index (κ2) is 12.4. The van der Waals surface area contributed by atoms with Crippen LogP contribution >= 0.6 is 11.8 Å². The molecular weight excluding hydrogens is 520 g/mol. The molecule has 1 heterocycles. The molecule has 0 saturated heterocycles. The second-order valence-electron chi connectivity index (χ2n) is 11.3. The number of benzene rings is 3. The lowest BCUT2D eigenvalue weighted by molar-refractivity contribution is -0.157. The fraction of sp³-hybridized carbons (Fsp3) is 0.333. The number of hydrogen-bond donors (Lipinski definition) is 3. The first kappa shape index (κ1) is 29.6. The van der Waals surface area contributed by atoms with Crippen LogP contribution in [0.2, 0.25) is 0 Å². The van der Waals surface area contributed by atoms with Crippen molar-refractivity contribution in [1.82, 2.24) is 10.6 Å². The van der Waals surface area contributed by atoms with Crippen LogP contribution in [0.15, 0.2) is 102 Å². The summed E-state index contributed by atoms with van der Waals surface area (Å²) in [4.78, 5) is 26.4. The number of carbonyl (C=O) groups excluding carboxylic acids is 1.